The Morgan fingerprint density at radius 2 is 1.78 bits per heavy atom. The van der Waals surface area contributed by atoms with Gasteiger partial charge in [-0.15, -0.1) is 0 Å². The quantitative estimate of drug-likeness (QED) is 0.188. The molecular weight excluding hydrogens is 420 g/mol. The number of nitrogens with zero attached hydrogens (tertiary/aromatic N) is 1. The summed E-state index contributed by atoms with van der Waals surface area (Å²) in [5, 5.41) is 11.8. The summed E-state index contributed by atoms with van der Waals surface area (Å²) in [5.41, 5.74) is 11.0. The van der Waals surface area contributed by atoms with Crippen LogP contribution in [0.3, 0.4) is 0 Å². The molecule has 1 unspecified atom stereocenters. The van der Waals surface area contributed by atoms with E-state index in [1.54, 1.807) is 11.5 Å². The topological polar surface area (TPSA) is 169 Å². The van der Waals surface area contributed by atoms with Crippen LogP contribution < -0.4 is 21.9 Å². The number of guanidine groups is 1. The number of hydrogen-bond donors (Lipinski definition) is 3. The van der Waals surface area contributed by atoms with Gasteiger partial charge in [-0.25, -0.2) is 9.37 Å². The molecule has 0 radical (unpaired) electrons. The normalized spacial score (nSPS) is 18.1. The van der Waals surface area contributed by atoms with Crippen LogP contribution in [0.4, 0.5) is 4.79 Å². The van der Waals surface area contributed by atoms with Crippen molar-refractivity contribution >= 4 is 24.0 Å². The summed E-state index contributed by atoms with van der Waals surface area (Å²) in [6, 6.07) is -0.273. The van der Waals surface area contributed by atoms with E-state index in [0.717, 1.165) is 39.0 Å². The van der Waals surface area contributed by atoms with Crippen molar-refractivity contribution in [2.45, 2.75) is 91.0 Å². The van der Waals surface area contributed by atoms with Crippen LogP contribution in [0.1, 0.15) is 73.1 Å². The number of carboxylic acid groups (broad SMARTS) is 1. The predicted octanol–water partition coefficient (Wildman–Crippen LogP) is 0.182. The summed E-state index contributed by atoms with van der Waals surface area (Å²) >= 11 is 0. The number of carboxylic acids is 1. The summed E-state index contributed by atoms with van der Waals surface area (Å²) in [6.07, 6.45) is 3.44. The number of hydrogen-bond acceptors (Lipinski definition) is 7. The van der Waals surface area contributed by atoms with E-state index in [4.69, 9.17) is 35.6 Å². The Hall–Kier alpha value is -2.56. The monoisotopic (exact) mass is 460 g/mol. The molecule has 1 rings (SSSR count). The van der Waals surface area contributed by atoms with Gasteiger partial charge >= 0.3 is 18.0 Å². The van der Waals surface area contributed by atoms with Crippen molar-refractivity contribution in [1.29, 1.82) is 0 Å². The van der Waals surface area contributed by atoms with Gasteiger partial charge in [0, 0.05) is 12.4 Å². The highest BCUT2D eigenvalue weighted by Crippen LogP contribution is 2.17. The van der Waals surface area contributed by atoms with Crippen LogP contribution in [-0.2, 0) is 23.8 Å². The summed E-state index contributed by atoms with van der Waals surface area (Å²) in [5.74, 6) is -1.09. The highest BCUT2D eigenvalue weighted by Gasteiger charge is 2.35. The number of carbonyl (C=O) groups excluding carboxylic acids is 3. The zero-order chi connectivity index (χ0) is 24.7. The Labute approximate surface area is 190 Å². The van der Waals surface area contributed by atoms with Crippen molar-refractivity contribution in [3.8, 4) is 0 Å². The van der Waals surface area contributed by atoms with Crippen LogP contribution in [0.5, 0.6) is 0 Å². The molecule has 1 aliphatic heterocycles. The second-order valence-electron chi connectivity index (χ2n) is 8.38. The second kappa shape index (κ2) is 15.3. The van der Waals surface area contributed by atoms with Crippen molar-refractivity contribution in [3.05, 3.63) is 0 Å². The van der Waals surface area contributed by atoms with E-state index in [1.807, 2.05) is 20.8 Å². The Kier molecular flexibility index (Phi) is 14.1. The molecule has 1 saturated heterocycles. The Morgan fingerprint density at radius 1 is 1.16 bits per heavy atom. The third-order valence-electron chi connectivity index (χ3n) is 4.22. The molecule has 1 amide bonds. The van der Waals surface area contributed by atoms with Crippen molar-refractivity contribution in [3.63, 3.8) is 0 Å². The van der Waals surface area contributed by atoms with E-state index in [-0.39, 0.29) is 18.0 Å². The Morgan fingerprint density at radius 3 is 2.31 bits per heavy atom. The fraction of sp³-hybridized carbons (Fsp3) is 0.810. The number of unbranched alkanes of at least 4 members (excludes halogenated alkanes) is 2. The van der Waals surface area contributed by atoms with Crippen molar-refractivity contribution < 1.29 is 38.3 Å². The average molecular weight is 461 g/mol. The molecular formula is C21H40N4O7. The van der Waals surface area contributed by atoms with Gasteiger partial charge in [-0.1, -0.05) is 6.42 Å². The Bertz CT molecular complexity index is 624. The molecule has 1 fully saturated rings. The molecule has 11 nitrogen and oxygen atoms in total. The first kappa shape index (κ1) is 29.4. The number of nitrogens with one attached hydrogen (secondary N) is 1. The van der Waals surface area contributed by atoms with Gasteiger partial charge < -0.3 is 29.4 Å². The molecule has 2 atom stereocenters. The van der Waals surface area contributed by atoms with Crippen molar-refractivity contribution in [2.75, 3.05) is 19.8 Å². The molecule has 186 valence electrons. The average Bonchev–Trinajstić information content (AvgIpc) is 2.63. The molecule has 0 aromatic rings. The number of nitrogens with two attached hydrogens (primary N) is 2. The zero-order valence-electron chi connectivity index (χ0n) is 20.0. The maximum atomic E-state index is 12.2. The summed E-state index contributed by atoms with van der Waals surface area (Å²) in [4.78, 5) is 32.4. The van der Waals surface area contributed by atoms with E-state index in [2.05, 4.69) is 5.32 Å². The van der Waals surface area contributed by atoms with Crippen LogP contribution in [0, 0.1) is 0 Å². The minimum atomic E-state index is -1.08. The van der Waals surface area contributed by atoms with E-state index in [0.29, 0.717) is 26.2 Å². The summed E-state index contributed by atoms with van der Waals surface area (Å²) in [7, 11) is 0. The smallest absolute Gasteiger partial charge is 0.408 e. The maximum Gasteiger partial charge on any atom is 0.408 e. The lowest BCUT2D eigenvalue weighted by atomic mass is 10.0. The molecule has 0 spiro atoms. The predicted molar refractivity (Wildman–Crippen MR) is 116 cm³/mol. The number of esters is 1. The van der Waals surface area contributed by atoms with Gasteiger partial charge in [-0.05, 0) is 60.3 Å². The van der Waals surface area contributed by atoms with Gasteiger partial charge in [0.25, 0.3) is 0 Å². The molecule has 1 aliphatic rings. The lowest BCUT2D eigenvalue weighted by Crippen LogP contribution is -2.57. The van der Waals surface area contributed by atoms with Crippen LogP contribution in [0.15, 0.2) is 0 Å². The number of rotatable bonds is 9. The van der Waals surface area contributed by atoms with Crippen molar-refractivity contribution in [2.24, 2.45) is 11.5 Å². The maximum absolute atomic E-state index is 12.2. The fourth-order valence-electron chi connectivity index (χ4n) is 3.04. The molecule has 5 N–H and O–H groups in total. The molecule has 1 heterocycles. The van der Waals surface area contributed by atoms with Crippen LogP contribution in [-0.4, -0.2) is 66.2 Å². The fourth-order valence-corrected chi connectivity index (χ4v) is 3.04. The lowest BCUT2D eigenvalue weighted by Gasteiger charge is -2.34. The van der Waals surface area contributed by atoms with E-state index < -0.39 is 23.9 Å². The molecule has 0 bridgehead atoms. The van der Waals surface area contributed by atoms with Crippen molar-refractivity contribution in [1.82, 2.24) is 5.32 Å². The van der Waals surface area contributed by atoms with Gasteiger partial charge in [0.1, 0.15) is 5.60 Å². The van der Waals surface area contributed by atoms with Gasteiger partial charge in [-0.2, -0.15) is 0 Å². The molecule has 0 aliphatic carbocycles. The standard InChI is InChI=1S/C19H36N4O5.C2H4O2/c1-5-26-15(24)11-7-6-8-13-27-16-14(10-9-12-23(16)17(20)21)22-18(25)28-19(2,3)4;1-2(3)4/h14,16H,5-13H2,1-4H3,(H4,20,21,22,25);1H3,(H,3,4)/t14-,16?;/m0./s1. The first-order valence-corrected chi connectivity index (χ1v) is 11.0. The SMILES string of the molecule is CC(=O)[O-].CCOC(=O)CCCCCOC1[C@@H](NC(=O)OC(C)(C)C)CCC[N+]1=C(N)N. The summed E-state index contributed by atoms with van der Waals surface area (Å²) in [6.45, 7) is 9.76. The minimum absolute atomic E-state index is 0.169. The van der Waals surface area contributed by atoms with Crippen LogP contribution in [0.25, 0.3) is 0 Å². The van der Waals surface area contributed by atoms with Crippen LogP contribution in [0.2, 0.25) is 0 Å². The number of aliphatic carboxylic acids is 1. The molecule has 0 aromatic heterocycles. The number of amides is 1. The highest BCUT2D eigenvalue weighted by atomic mass is 16.6. The first-order valence-electron chi connectivity index (χ1n) is 11.0. The molecule has 32 heavy (non-hydrogen) atoms. The minimum Gasteiger partial charge on any atom is -0.550 e. The molecule has 0 aromatic carbocycles. The summed E-state index contributed by atoms with van der Waals surface area (Å²) < 4.78 is 18.0. The molecule has 11 heteroatoms. The van der Waals surface area contributed by atoms with E-state index in [1.165, 1.54) is 0 Å². The zero-order valence-corrected chi connectivity index (χ0v) is 20.0. The third kappa shape index (κ3) is 14.4. The highest BCUT2D eigenvalue weighted by molar-refractivity contribution is 5.70. The van der Waals surface area contributed by atoms with Crippen LogP contribution >= 0.6 is 0 Å². The number of alkyl carbamates (subject to hydrolysis) is 1. The second-order valence-corrected chi connectivity index (χ2v) is 8.38. The van der Waals surface area contributed by atoms with Gasteiger partial charge in [0.2, 0.25) is 0 Å². The van der Waals surface area contributed by atoms with E-state index in [9.17, 15) is 9.59 Å². The molecule has 0 saturated carbocycles. The third-order valence-corrected chi connectivity index (χ3v) is 4.22. The number of piperidine rings is 1. The largest absolute Gasteiger partial charge is 0.550 e. The lowest BCUT2D eigenvalue weighted by molar-refractivity contribution is -0.628. The van der Waals surface area contributed by atoms with Gasteiger partial charge in [-0.3, -0.25) is 16.3 Å². The van der Waals surface area contributed by atoms with E-state index >= 15 is 0 Å². The van der Waals surface area contributed by atoms with Gasteiger partial charge in [0.15, 0.2) is 6.23 Å². The number of carbonyl (C=O) groups is 3. The first-order chi connectivity index (χ1) is 14.9. The van der Waals surface area contributed by atoms with Gasteiger partial charge in [0.05, 0.1) is 25.8 Å². The number of ether oxygens (including phenoxy) is 3. The Balaban J connectivity index is 0.00000220.